The van der Waals surface area contributed by atoms with Crippen molar-refractivity contribution in [2.45, 2.75) is 19.9 Å². The lowest BCUT2D eigenvalue weighted by atomic mass is 10.0. The Hall–Kier alpha value is -2.23. The van der Waals surface area contributed by atoms with Crippen molar-refractivity contribution in [1.82, 2.24) is 5.32 Å². The Balaban J connectivity index is 2.88. The summed E-state index contributed by atoms with van der Waals surface area (Å²) >= 11 is 11.7. The summed E-state index contributed by atoms with van der Waals surface area (Å²) in [7, 11) is 0. The number of benzene rings is 1. The maximum absolute atomic E-state index is 12.0. The van der Waals surface area contributed by atoms with Crippen molar-refractivity contribution in [2.75, 3.05) is 5.32 Å². The molecule has 0 saturated carbocycles. The number of carboxylic acids is 1. The van der Waals surface area contributed by atoms with Gasteiger partial charge >= 0.3 is 5.97 Å². The van der Waals surface area contributed by atoms with Gasteiger partial charge in [0.1, 0.15) is 17.7 Å². The number of carbonyl (C=O) groups is 2. The van der Waals surface area contributed by atoms with Crippen LogP contribution in [0.25, 0.3) is 0 Å². The van der Waals surface area contributed by atoms with E-state index in [1.54, 1.807) is 32.0 Å². The standard InChI is InChI=1S/C15H15Cl2N3O3/c1-8(2)13(15(22)23)20-14(21)9(6-18)7-19-12-4-10(16)3-11(17)5-12/h3-5,7-8,13,19H,1-2H3,(H,20,21)(H,22,23)/b9-7-. The molecule has 0 bridgehead atoms. The summed E-state index contributed by atoms with van der Waals surface area (Å²) in [6.45, 7) is 3.31. The second-order valence-electron chi connectivity index (χ2n) is 5.01. The first kappa shape index (κ1) is 18.8. The topological polar surface area (TPSA) is 102 Å². The zero-order chi connectivity index (χ0) is 17.6. The van der Waals surface area contributed by atoms with Crippen molar-refractivity contribution in [3.8, 4) is 6.07 Å². The number of nitrogens with one attached hydrogen (secondary N) is 2. The number of amides is 1. The summed E-state index contributed by atoms with van der Waals surface area (Å²) in [6.07, 6.45) is 1.16. The van der Waals surface area contributed by atoms with Gasteiger partial charge in [0, 0.05) is 21.9 Å². The molecule has 3 N–H and O–H groups in total. The maximum Gasteiger partial charge on any atom is 0.326 e. The highest BCUT2D eigenvalue weighted by Crippen LogP contribution is 2.22. The van der Waals surface area contributed by atoms with Gasteiger partial charge in [0.25, 0.3) is 5.91 Å². The Morgan fingerprint density at radius 1 is 1.26 bits per heavy atom. The Morgan fingerprint density at radius 3 is 2.26 bits per heavy atom. The second kappa shape index (κ2) is 8.42. The molecule has 0 saturated heterocycles. The fraction of sp³-hybridized carbons (Fsp3) is 0.267. The van der Waals surface area contributed by atoms with Gasteiger partial charge in [-0.15, -0.1) is 0 Å². The lowest BCUT2D eigenvalue weighted by Crippen LogP contribution is -2.44. The molecule has 0 aromatic heterocycles. The minimum Gasteiger partial charge on any atom is -0.480 e. The van der Waals surface area contributed by atoms with Gasteiger partial charge in [-0.2, -0.15) is 5.26 Å². The van der Waals surface area contributed by atoms with Crippen LogP contribution in [-0.2, 0) is 9.59 Å². The van der Waals surface area contributed by atoms with E-state index in [0.29, 0.717) is 15.7 Å². The number of halogens is 2. The van der Waals surface area contributed by atoms with Gasteiger partial charge in [0.15, 0.2) is 0 Å². The van der Waals surface area contributed by atoms with E-state index in [1.165, 1.54) is 6.07 Å². The molecule has 0 spiro atoms. The summed E-state index contributed by atoms with van der Waals surface area (Å²) < 4.78 is 0. The largest absolute Gasteiger partial charge is 0.480 e. The molecule has 0 heterocycles. The Morgan fingerprint density at radius 2 is 1.83 bits per heavy atom. The third-order valence-corrected chi connectivity index (χ3v) is 3.27. The third-order valence-electron chi connectivity index (χ3n) is 2.83. The minimum absolute atomic E-state index is 0.270. The monoisotopic (exact) mass is 355 g/mol. The van der Waals surface area contributed by atoms with E-state index >= 15 is 0 Å². The fourth-order valence-corrected chi connectivity index (χ4v) is 2.20. The lowest BCUT2D eigenvalue weighted by Gasteiger charge is -2.17. The molecule has 1 unspecified atom stereocenters. The molecule has 8 heteroatoms. The molecule has 1 atom stereocenters. The van der Waals surface area contributed by atoms with E-state index in [1.807, 2.05) is 0 Å². The quantitative estimate of drug-likeness (QED) is 0.537. The number of nitriles is 1. The summed E-state index contributed by atoms with van der Waals surface area (Å²) in [5.74, 6) is -2.27. The maximum atomic E-state index is 12.0. The first-order valence-electron chi connectivity index (χ1n) is 6.61. The van der Waals surface area contributed by atoms with Crippen molar-refractivity contribution in [1.29, 1.82) is 5.26 Å². The molecule has 6 nitrogen and oxygen atoms in total. The smallest absolute Gasteiger partial charge is 0.326 e. The molecule has 0 aliphatic heterocycles. The second-order valence-corrected chi connectivity index (χ2v) is 5.88. The van der Waals surface area contributed by atoms with Crippen LogP contribution in [0.3, 0.4) is 0 Å². The van der Waals surface area contributed by atoms with Crippen LogP contribution in [0.15, 0.2) is 30.0 Å². The van der Waals surface area contributed by atoms with Crippen LogP contribution < -0.4 is 10.6 Å². The first-order valence-corrected chi connectivity index (χ1v) is 7.36. The summed E-state index contributed by atoms with van der Waals surface area (Å²) in [6, 6.07) is 5.29. The molecule has 1 aromatic carbocycles. The lowest BCUT2D eigenvalue weighted by molar-refractivity contribution is -0.142. The van der Waals surface area contributed by atoms with Crippen molar-refractivity contribution >= 4 is 40.8 Å². The fourth-order valence-electron chi connectivity index (χ4n) is 1.67. The molecule has 0 aliphatic carbocycles. The molecule has 122 valence electrons. The van der Waals surface area contributed by atoms with E-state index in [9.17, 15) is 9.59 Å². The van der Waals surface area contributed by atoms with E-state index in [-0.39, 0.29) is 11.5 Å². The Labute approximate surface area is 143 Å². The number of anilines is 1. The molecule has 1 amide bonds. The molecule has 1 rings (SSSR count). The molecular weight excluding hydrogens is 341 g/mol. The number of hydrogen-bond donors (Lipinski definition) is 3. The predicted octanol–water partition coefficient (Wildman–Crippen LogP) is 3.04. The van der Waals surface area contributed by atoms with Crippen molar-refractivity contribution in [3.63, 3.8) is 0 Å². The first-order chi connectivity index (χ1) is 10.7. The third kappa shape index (κ3) is 5.81. The van der Waals surface area contributed by atoms with Crippen molar-refractivity contribution < 1.29 is 14.7 Å². The molecule has 1 aromatic rings. The van der Waals surface area contributed by atoms with Crippen molar-refractivity contribution in [3.05, 3.63) is 40.0 Å². The zero-order valence-electron chi connectivity index (χ0n) is 12.4. The minimum atomic E-state index is -1.17. The van der Waals surface area contributed by atoms with Gasteiger partial charge in [-0.1, -0.05) is 37.0 Å². The van der Waals surface area contributed by atoms with Gasteiger partial charge in [0.05, 0.1) is 0 Å². The van der Waals surface area contributed by atoms with E-state index in [4.69, 9.17) is 33.6 Å². The van der Waals surface area contributed by atoms with Crippen LogP contribution in [0, 0.1) is 17.2 Å². The van der Waals surface area contributed by atoms with Gasteiger partial charge in [-0.25, -0.2) is 4.79 Å². The predicted molar refractivity (Wildman–Crippen MR) is 88.2 cm³/mol. The number of carboxylic acid groups (broad SMARTS) is 1. The molecule has 23 heavy (non-hydrogen) atoms. The SMILES string of the molecule is CC(C)C(NC(=O)/C(C#N)=C\Nc1cc(Cl)cc(Cl)c1)C(=O)O. The van der Waals surface area contributed by atoms with Crippen LogP contribution in [0.1, 0.15) is 13.8 Å². The van der Waals surface area contributed by atoms with Crippen LogP contribution in [0.5, 0.6) is 0 Å². The molecule has 0 radical (unpaired) electrons. The van der Waals surface area contributed by atoms with Gasteiger partial charge in [-0.3, -0.25) is 4.79 Å². The number of aliphatic carboxylic acids is 1. The van der Waals surface area contributed by atoms with Crippen LogP contribution in [0.2, 0.25) is 10.0 Å². The van der Waals surface area contributed by atoms with Gasteiger partial charge in [0.2, 0.25) is 0 Å². The highest BCUT2D eigenvalue weighted by molar-refractivity contribution is 6.35. The number of rotatable bonds is 6. The van der Waals surface area contributed by atoms with E-state index < -0.39 is 17.9 Å². The number of carbonyl (C=O) groups excluding carboxylic acids is 1. The Bertz CT molecular complexity index is 661. The van der Waals surface area contributed by atoms with E-state index in [2.05, 4.69) is 10.6 Å². The molecular formula is C15H15Cl2N3O3. The summed E-state index contributed by atoms with van der Waals surface area (Å²) in [5, 5.41) is 23.9. The summed E-state index contributed by atoms with van der Waals surface area (Å²) in [5.41, 5.74) is 0.217. The zero-order valence-corrected chi connectivity index (χ0v) is 13.9. The molecule has 0 aliphatic rings. The van der Waals surface area contributed by atoms with E-state index in [0.717, 1.165) is 6.20 Å². The van der Waals surface area contributed by atoms with Crippen LogP contribution in [0.4, 0.5) is 5.69 Å². The van der Waals surface area contributed by atoms with Crippen molar-refractivity contribution in [2.24, 2.45) is 5.92 Å². The average molecular weight is 356 g/mol. The van der Waals surface area contributed by atoms with Crippen LogP contribution in [-0.4, -0.2) is 23.0 Å². The normalized spacial score (nSPS) is 12.4. The number of hydrogen-bond acceptors (Lipinski definition) is 4. The Kier molecular flexibility index (Phi) is 6.89. The highest BCUT2D eigenvalue weighted by Gasteiger charge is 2.24. The van der Waals surface area contributed by atoms with Gasteiger partial charge in [-0.05, 0) is 24.1 Å². The van der Waals surface area contributed by atoms with Gasteiger partial charge < -0.3 is 15.7 Å². The number of nitrogens with zero attached hydrogens (tertiary/aromatic N) is 1. The highest BCUT2D eigenvalue weighted by atomic mass is 35.5. The summed E-state index contributed by atoms with van der Waals surface area (Å²) in [4.78, 5) is 23.1. The van der Waals surface area contributed by atoms with Crippen LogP contribution >= 0.6 is 23.2 Å². The average Bonchev–Trinajstić information content (AvgIpc) is 2.43. The molecule has 0 fully saturated rings.